The van der Waals surface area contributed by atoms with Crippen LogP contribution in [0.5, 0.6) is 0 Å². The molecule has 0 unspecified atom stereocenters. The molecule has 0 amide bonds. The lowest BCUT2D eigenvalue weighted by molar-refractivity contribution is -0.299. The van der Waals surface area contributed by atoms with Gasteiger partial charge in [0.2, 0.25) is 12.4 Å². The molecule has 0 bridgehead atoms. The number of hydrogen-bond acceptors (Lipinski definition) is 15. The molecule has 0 N–H and O–H groups in total. The number of esters is 4. The zero-order valence-corrected chi connectivity index (χ0v) is 26.9. The quantitative estimate of drug-likeness (QED) is 0.0459. The summed E-state index contributed by atoms with van der Waals surface area (Å²) in [7, 11) is 1.87. The number of hydrogen-bond donors (Lipinski definition) is 0. The maximum Gasteiger partial charge on any atom is 0.303 e. The standard InChI is InChI=1S/C29H44N4O13/c1-19(34)41-18-25-26(42-20(2)35)27(43-21(3)36)28(44-22(4)37)29(46-25)45-24-9-7-6-8-23(24)33(5)11-13-39-15-17-40-16-14-38-12-10-31-32-30/h7,9,25-29H,6,8,10-18H2,1-5H3/t25-,26+,27+,28-,29-/m1/s1. The van der Waals surface area contributed by atoms with Crippen molar-refractivity contribution in [1.29, 1.82) is 0 Å². The second-order valence-corrected chi connectivity index (χ2v) is 10.2. The molecule has 1 saturated heterocycles. The van der Waals surface area contributed by atoms with Crippen LogP contribution in [0.3, 0.4) is 0 Å². The number of likely N-dealkylation sites (N-methyl/N-ethyl adjacent to an activating group) is 1. The first-order valence-corrected chi connectivity index (χ1v) is 14.9. The van der Waals surface area contributed by atoms with Crippen LogP contribution in [-0.2, 0) is 61.8 Å². The SMILES string of the molecule is CC(=O)OC[C@H]1O[C@@H](OC2=C(N(C)CCOCCOCCOCCN=[N+]=[N-])CCC=C2)[C@H](OC(C)=O)[C@@H](OC(C)=O)[C@H]1OC(C)=O. The summed E-state index contributed by atoms with van der Waals surface area (Å²) in [4.78, 5) is 52.4. The molecule has 46 heavy (non-hydrogen) atoms. The second-order valence-electron chi connectivity index (χ2n) is 10.2. The first kappa shape index (κ1) is 38.3. The summed E-state index contributed by atoms with van der Waals surface area (Å²) in [5.74, 6) is -2.37. The van der Waals surface area contributed by atoms with Crippen LogP contribution in [0.1, 0.15) is 40.5 Å². The molecule has 17 heteroatoms. The maximum atomic E-state index is 12.1. The molecular formula is C29H44N4O13. The Hall–Kier alpha value is -3.89. The van der Waals surface area contributed by atoms with E-state index in [1.807, 2.05) is 18.0 Å². The Labute approximate surface area is 267 Å². The van der Waals surface area contributed by atoms with Gasteiger partial charge in [0.05, 0.1) is 45.3 Å². The van der Waals surface area contributed by atoms with Crippen LogP contribution in [-0.4, -0.2) is 126 Å². The summed E-state index contributed by atoms with van der Waals surface area (Å²) in [6.07, 6.45) is -1.38. The van der Waals surface area contributed by atoms with Crippen LogP contribution in [0.4, 0.5) is 0 Å². The van der Waals surface area contributed by atoms with Crippen LogP contribution < -0.4 is 0 Å². The number of ether oxygens (including phenoxy) is 9. The predicted molar refractivity (Wildman–Crippen MR) is 158 cm³/mol. The number of allylic oxidation sites excluding steroid dienone is 3. The van der Waals surface area contributed by atoms with Gasteiger partial charge in [0, 0.05) is 52.7 Å². The molecule has 1 heterocycles. The van der Waals surface area contributed by atoms with Crippen molar-refractivity contribution in [1.82, 2.24) is 4.90 Å². The van der Waals surface area contributed by atoms with Gasteiger partial charge in [0.15, 0.2) is 12.2 Å². The van der Waals surface area contributed by atoms with E-state index < -0.39 is 54.6 Å². The highest BCUT2D eigenvalue weighted by atomic mass is 16.7. The molecule has 1 aliphatic heterocycles. The number of nitrogens with zero attached hydrogens (tertiary/aromatic N) is 4. The molecule has 0 saturated carbocycles. The lowest BCUT2D eigenvalue weighted by Gasteiger charge is -2.44. The highest BCUT2D eigenvalue weighted by Crippen LogP contribution is 2.33. The van der Waals surface area contributed by atoms with E-state index in [2.05, 4.69) is 10.0 Å². The Bertz CT molecular complexity index is 1120. The minimum atomic E-state index is -1.34. The molecule has 1 aliphatic carbocycles. The Balaban J connectivity index is 2.11. The van der Waals surface area contributed by atoms with E-state index >= 15 is 0 Å². The van der Waals surface area contributed by atoms with E-state index in [1.165, 1.54) is 13.8 Å². The molecule has 0 aromatic carbocycles. The van der Waals surface area contributed by atoms with Crippen molar-refractivity contribution in [3.05, 3.63) is 34.1 Å². The third-order valence-electron chi connectivity index (χ3n) is 6.47. The fraction of sp³-hybridized carbons (Fsp3) is 0.724. The maximum absolute atomic E-state index is 12.1. The first-order valence-electron chi connectivity index (χ1n) is 14.9. The molecule has 2 rings (SSSR count). The monoisotopic (exact) mass is 656 g/mol. The molecular weight excluding hydrogens is 612 g/mol. The molecule has 5 atom stereocenters. The van der Waals surface area contributed by atoms with Gasteiger partial charge in [0.1, 0.15) is 18.5 Å². The molecule has 0 spiro atoms. The van der Waals surface area contributed by atoms with Crippen LogP contribution in [0.25, 0.3) is 10.4 Å². The van der Waals surface area contributed by atoms with E-state index in [1.54, 1.807) is 6.08 Å². The van der Waals surface area contributed by atoms with E-state index in [9.17, 15) is 19.2 Å². The van der Waals surface area contributed by atoms with E-state index in [4.69, 9.17) is 48.2 Å². The van der Waals surface area contributed by atoms with Crippen molar-refractivity contribution < 1.29 is 61.8 Å². The van der Waals surface area contributed by atoms with Crippen molar-refractivity contribution in [3.8, 4) is 0 Å². The third kappa shape index (κ3) is 14.0. The summed E-state index contributed by atoms with van der Waals surface area (Å²) in [6.45, 7) is 7.35. The Morgan fingerprint density at radius 3 is 2.07 bits per heavy atom. The molecule has 258 valence electrons. The van der Waals surface area contributed by atoms with Crippen LogP contribution in [0.2, 0.25) is 0 Å². The van der Waals surface area contributed by atoms with Gasteiger partial charge in [-0.3, -0.25) is 19.2 Å². The normalized spacial score (nSPS) is 22.3. The number of rotatable bonds is 20. The van der Waals surface area contributed by atoms with Gasteiger partial charge >= 0.3 is 23.9 Å². The van der Waals surface area contributed by atoms with Gasteiger partial charge in [-0.1, -0.05) is 11.2 Å². The minimum absolute atomic E-state index is 0.272. The van der Waals surface area contributed by atoms with Crippen molar-refractivity contribution in [3.63, 3.8) is 0 Å². The number of carbonyl (C=O) groups excluding carboxylic acids is 4. The second kappa shape index (κ2) is 21.0. The Kier molecular flexibility index (Phi) is 17.5. The zero-order chi connectivity index (χ0) is 33.9. The highest BCUT2D eigenvalue weighted by Gasteiger charge is 2.53. The molecule has 1 fully saturated rings. The van der Waals surface area contributed by atoms with Crippen LogP contribution in [0, 0.1) is 0 Å². The Morgan fingerprint density at radius 1 is 0.870 bits per heavy atom. The minimum Gasteiger partial charge on any atom is -0.463 e. The molecule has 17 nitrogen and oxygen atoms in total. The highest BCUT2D eigenvalue weighted by molar-refractivity contribution is 5.68. The average molecular weight is 657 g/mol. The Morgan fingerprint density at radius 2 is 1.46 bits per heavy atom. The fourth-order valence-electron chi connectivity index (χ4n) is 4.55. The van der Waals surface area contributed by atoms with Crippen LogP contribution in [0.15, 0.2) is 28.7 Å². The first-order chi connectivity index (χ1) is 22.0. The van der Waals surface area contributed by atoms with Gasteiger partial charge in [-0.25, -0.2) is 0 Å². The topological polar surface area (TPSA) is 203 Å². The zero-order valence-electron chi connectivity index (χ0n) is 26.9. The smallest absolute Gasteiger partial charge is 0.303 e. The molecule has 0 aromatic rings. The van der Waals surface area contributed by atoms with Crippen molar-refractivity contribution in [2.75, 3.05) is 66.4 Å². The lowest BCUT2D eigenvalue weighted by atomic mass is 9.98. The van der Waals surface area contributed by atoms with E-state index in [-0.39, 0.29) is 13.2 Å². The van der Waals surface area contributed by atoms with Gasteiger partial charge in [-0.05, 0) is 24.4 Å². The fourth-order valence-corrected chi connectivity index (χ4v) is 4.55. The van der Waals surface area contributed by atoms with Crippen molar-refractivity contribution in [2.24, 2.45) is 5.11 Å². The largest absolute Gasteiger partial charge is 0.463 e. The van der Waals surface area contributed by atoms with Crippen molar-refractivity contribution >= 4 is 23.9 Å². The summed E-state index contributed by atoms with van der Waals surface area (Å²) < 4.78 is 50.3. The van der Waals surface area contributed by atoms with E-state index in [0.29, 0.717) is 58.4 Å². The predicted octanol–water partition coefficient (Wildman–Crippen LogP) is 1.94. The average Bonchev–Trinajstić information content (AvgIpc) is 2.99. The van der Waals surface area contributed by atoms with Crippen LogP contribution >= 0.6 is 0 Å². The van der Waals surface area contributed by atoms with Gasteiger partial charge < -0.3 is 47.5 Å². The van der Waals surface area contributed by atoms with Gasteiger partial charge in [-0.2, -0.15) is 0 Å². The van der Waals surface area contributed by atoms with E-state index in [0.717, 1.165) is 26.0 Å². The van der Waals surface area contributed by atoms with Gasteiger partial charge in [-0.15, -0.1) is 0 Å². The summed E-state index contributed by atoms with van der Waals surface area (Å²) in [5, 5.41) is 3.38. The van der Waals surface area contributed by atoms with Crippen molar-refractivity contribution in [2.45, 2.75) is 71.2 Å². The summed E-state index contributed by atoms with van der Waals surface area (Å²) in [6, 6.07) is 0. The summed E-state index contributed by atoms with van der Waals surface area (Å²) in [5.41, 5.74) is 9.04. The molecule has 2 aliphatic rings. The molecule has 0 aromatic heterocycles. The third-order valence-corrected chi connectivity index (χ3v) is 6.47. The van der Waals surface area contributed by atoms with Gasteiger partial charge in [0.25, 0.3) is 0 Å². The lowest BCUT2D eigenvalue weighted by Crippen LogP contribution is -2.62. The number of carbonyl (C=O) groups is 4. The summed E-state index contributed by atoms with van der Waals surface area (Å²) >= 11 is 0. The molecule has 0 radical (unpaired) electrons. The number of azide groups is 1.